The Bertz CT molecular complexity index is 267. The maximum Gasteiger partial charge on any atom is 0.321 e. The summed E-state index contributed by atoms with van der Waals surface area (Å²) in [4.78, 5) is 32.6. The molecular formula is C9H17N3O4. The van der Waals surface area contributed by atoms with E-state index in [1.807, 2.05) is 12.2 Å². The molecule has 0 heterocycles. The SMILES string of the molecule is CCCC(NCC(=O)NC(=O)NC)C(=O)O. The minimum absolute atomic E-state index is 0.204. The second-order valence-corrected chi connectivity index (χ2v) is 3.19. The normalized spacial score (nSPS) is 11.6. The van der Waals surface area contributed by atoms with Gasteiger partial charge >= 0.3 is 12.0 Å². The van der Waals surface area contributed by atoms with Crippen molar-refractivity contribution in [3.63, 3.8) is 0 Å². The smallest absolute Gasteiger partial charge is 0.321 e. The number of amides is 3. The summed E-state index contributed by atoms with van der Waals surface area (Å²) in [5.41, 5.74) is 0. The van der Waals surface area contributed by atoms with Crippen LogP contribution in [0.5, 0.6) is 0 Å². The summed E-state index contributed by atoms with van der Waals surface area (Å²) in [6.07, 6.45) is 1.13. The monoisotopic (exact) mass is 231 g/mol. The van der Waals surface area contributed by atoms with Gasteiger partial charge < -0.3 is 10.4 Å². The fourth-order valence-electron chi connectivity index (χ4n) is 1.05. The van der Waals surface area contributed by atoms with Crippen LogP contribution in [0.2, 0.25) is 0 Å². The zero-order chi connectivity index (χ0) is 12.6. The van der Waals surface area contributed by atoms with Crippen LogP contribution >= 0.6 is 0 Å². The molecule has 7 heteroatoms. The van der Waals surface area contributed by atoms with E-state index in [0.717, 1.165) is 0 Å². The molecule has 0 spiro atoms. The molecule has 0 fully saturated rings. The van der Waals surface area contributed by atoms with E-state index >= 15 is 0 Å². The van der Waals surface area contributed by atoms with Gasteiger partial charge in [-0.1, -0.05) is 13.3 Å². The fraction of sp³-hybridized carbons (Fsp3) is 0.667. The molecule has 1 unspecified atom stereocenters. The van der Waals surface area contributed by atoms with E-state index < -0.39 is 23.9 Å². The molecule has 0 aromatic heterocycles. The minimum Gasteiger partial charge on any atom is -0.480 e. The quantitative estimate of drug-likeness (QED) is 0.483. The van der Waals surface area contributed by atoms with Crippen LogP contribution in [0.3, 0.4) is 0 Å². The molecule has 92 valence electrons. The average Bonchev–Trinajstić information content (AvgIpc) is 2.23. The van der Waals surface area contributed by atoms with Crippen molar-refractivity contribution in [2.24, 2.45) is 0 Å². The van der Waals surface area contributed by atoms with Crippen LogP contribution in [-0.4, -0.2) is 42.6 Å². The van der Waals surface area contributed by atoms with Gasteiger partial charge in [-0.05, 0) is 6.42 Å². The van der Waals surface area contributed by atoms with Gasteiger partial charge in [-0.15, -0.1) is 0 Å². The molecule has 0 aliphatic carbocycles. The predicted molar refractivity (Wildman–Crippen MR) is 56.9 cm³/mol. The fourth-order valence-corrected chi connectivity index (χ4v) is 1.05. The molecule has 0 aliphatic heterocycles. The summed E-state index contributed by atoms with van der Waals surface area (Å²) < 4.78 is 0. The number of carboxylic acid groups (broad SMARTS) is 1. The molecule has 4 N–H and O–H groups in total. The van der Waals surface area contributed by atoms with Crippen molar-refractivity contribution in [2.75, 3.05) is 13.6 Å². The van der Waals surface area contributed by atoms with Gasteiger partial charge in [0.1, 0.15) is 6.04 Å². The number of rotatable bonds is 6. The Morgan fingerprint density at radius 1 is 1.31 bits per heavy atom. The minimum atomic E-state index is -1.01. The van der Waals surface area contributed by atoms with Crippen LogP contribution in [0, 0.1) is 0 Å². The highest BCUT2D eigenvalue weighted by Gasteiger charge is 2.17. The lowest BCUT2D eigenvalue weighted by molar-refractivity contribution is -0.139. The molecule has 0 saturated carbocycles. The molecule has 16 heavy (non-hydrogen) atoms. The number of hydrogen-bond donors (Lipinski definition) is 4. The standard InChI is InChI=1S/C9H17N3O4/c1-3-4-6(8(14)15)11-5-7(13)12-9(16)10-2/h6,11H,3-5H2,1-2H3,(H,14,15)(H2,10,12,13,16). The van der Waals surface area contributed by atoms with Gasteiger partial charge in [0.05, 0.1) is 6.54 Å². The van der Waals surface area contributed by atoms with Gasteiger partial charge in [0.15, 0.2) is 0 Å². The molecule has 0 rings (SSSR count). The molecule has 0 radical (unpaired) electrons. The summed E-state index contributed by atoms with van der Waals surface area (Å²) in [5, 5.41) is 15.6. The van der Waals surface area contributed by atoms with Gasteiger partial charge in [-0.3, -0.25) is 20.2 Å². The topological polar surface area (TPSA) is 108 Å². The molecule has 0 bridgehead atoms. The van der Waals surface area contributed by atoms with E-state index in [2.05, 4.69) is 10.6 Å². The Hall–Kier alpha value is -1.63. The Kier molecular flexibility index (Phi) is 6.86. The zero-order valence-electron chi connectivity index (χ0n) is 9.37. The number of aliphatic carboxylic acids is 1. The third-order valence-electron chi connectivity index (χ3n) is 1.86. The van der Waals surface area contributed by atoms with Gasteiger partial charge in [0.2, 0.25) is 5.91 Å². The summed E-state index contributed by atoms with van der Waals surface area (Å²) in [6, 6.07) is -1.38. The number of carbonyl (C=O) groups excluding carboxylic acids is 2. The Morgan fingerprint density at radius 2 is 1.94 bits per heavy atom. The van der Waals surface area contributed by atoms with Gasteiger partial charge in [-0.25, -0.2) is 4.79 Å². The Labute approximate surface area is 93.6 Å². The third-order valence-corrected chi connectivity index (χ3v) is 1.86. The molecular weight excluding hydrogens is 214 g/mol. The lowest BCUT2D eigenvalue weighted by Crippen LogP contribution is -2.46. The second kappa shape index (κ2) is 7.63. The van der Waals surface area contributed by atoms with Gasteiger partial charge in [-0.2, -0.15) is 0 Å². The third kappa shape index (κ3) is 5.97. The number of imide groups is 1. The highest BCUT2D eigenvalue weighted by molar-refractivity contribution is 5.95. The van der Waals surface area contributed by atoms with E-state index in [9.17, 15) is 14.4 Å². The molecule has 0 aliphatic rings. The lowest BCUT2D eigenvalue weighted by Gasteiger charge is -2.12. The van der Waals surface area contributed by atoms with E-state index in [1.165, 1.54) is 7.05 Å². The van der Waals surface area contributed by atoms with Crippen LogP contribution < -0.4 is 16.0 Å². The molecule has 0 aromatic carbocycles. The molecule has 0 saturated heterocycles. The van der Waals surface area contributed by atoms with E-state index in [1.54, 1.807) is 0 Å². The van der Waals surface area contributed by atoms with Crippen LogP contribution in [0.4, 0.5) is 4.79 Å². The Balaban J connectivity index is 3.96. The second-order valence-electron chi connectivity index (χ2n) is 3.19. The van der Waals surface area contributed by atoms with Crippen LogP contribution in [-0.2, 0) is 9.59 Å². The molecule has 7 nitrogen and oxygen atoms in total. The average molecular weight is 231 g/mol. The number of carboxylic acids is 1. The summed E-state index contributed by atoms with van der Waals surface area (Å²) >= 11 is 0. The number of nitrogens with one attached hydrogen (secondary N) is 3. The van der Waals surface area contributed by atoms with Crippen molar-refractivity contribution >= 4 is 17.9 Å². The van der Waals surface area contributed by atoms with E-state index in [0.29, 0.717) is 12.8 Å². The highest BCUT2D eigenvalue weighted by Crippen LogP contribution is 1.95. The first-order valence-corrected chi connectivity index (χ1v) is 4.99. The molecule has 1 atom stereocenters. The lowest BCUT2D eigenvalue weighted by atomic mass is 10.2. The Morgan fingerprint density at radius 3 is 2.38 bits per heavy atom. The van der Waals surface area contributed by atoms with Crippen molar-refractivity contribution in [1.82, 2.24) is 16.0 Å². The maximum absolute atomic E-state index is 11.1. The van der Waals surface area contributed by atoms with Crippen LogP contribution in [0.1, 0.15) is 19.8 Å². The van der Waals surface area contributed by atoms with E-state index in [-0.39, 0.29) is 6.54 Å². The van der Waals surface area contributed by atoms with Gasteiger partial charge in [0.25, 0.3) is 0 Å². The molecule has 3 amide bonds. The number of urea groups is 1. The van der Waals surface area contributed by atoms with Crippen molar-refractivity contribution in [3.05, 3.63) is 0 Å². The van der Waals surface area contributed by atoms with E-state index in [4.69, 9.17) is 5.11 Å². The molecule has 0 aromatic rings. The maximum atomic E-state index is 11.1. The van der Waals surface area contributed by atoms with Crippen molar-refractivity contribution in [3.8, 4) is 0 Å². The number of carbonyl (C=O) groups is 3. The number of hydrogen-bond acceptors (Lipinski definition) is 4. The summed E-state index contributed by atoms with van der Waals surface area (Å²) in [6.45, 7) is 1.65. The van der Waals surface area contributed by atoms with Crippen LogP contribution in [0.25, 0.3) is 0 Å². The largest absolute Gasteiger partial charge is 0.480 e. The summed E-state index contributed by atoms with van der Waals surface area (Å²) in [5.74, 6) is -1.57. The first kappa shape index (κ1) is 14.4. The highest BCUT2D eigenvalue weighted by atomic mass is 16.4. The predicted octanol–water partition coefficient (Wildman–Crippen LogP) is -0.715. The van der Waals surface area contributed by atoms with Crippen molar-refractivity contribution in [2.45, 2.75) is 25.8 Å². The first-order chi connectivity index (χ1) is 7.51. The van der Waals surface area contributed by atoms with Crippen molar-refractivity contribution in [1.29, 1.82) is 0 Å². The van der Waals surface area contributed by atoms with Crippen molar-refractivity contribution < 1.29 is 19.5 Å². The summed E-state index contributed by atoms with van der Waals surface area (Å²) in [7, 11) is 1.38. The first-order valence-electron chi connectivity index (χ1n) is 4.99. The van der Waals surface area contributed by atoms with Gasteiger partial charge in [0, 0.05) is 7.05 Å². The van der Waals surface area contributed by atoms with Crippen LogP contribution in [0.15, 0.2) is 0 Å². The zero-order valence-corrected chi connectivity index (χ0v) is 9.37.